The molecule has 1 aromatic carbocycles. The first-order chi connectivity index (χ1) is 12.9. The number of furan rings is 1. The Morgan fingerprint density at radius 1 is 1.15 bits per heavy atom. The molecule has 0 spiro atoms. The number of anilines is 1. The van der Waals surface area contributed by atoms with Crippen molar-refractivity contribution in [1.82, 2.24) is 20.1 Å². The van der Waals surface area contributed by atoms with E-state index >= 15 is 0 Å². The standard InChI is InChI=1S/C19H17N5O2/c1-2-6-15-13(4-1)10-16(25-15)18-22-19(26-23-18)14-5-3-9-24(12-14)17-11-20-7-8-21-17/h1-2,4,6-8,10-11,14H,3,5,9,12H2. The van der Waals surface area contributed by atoms with Gasteiger partial charge in [0.2, 0.25) is 11.7 Å². The molecule has 4 aromatic rings. The number of piperidine rings is 1. The molecule has 26 heavy (non-hydrogen) atoms. The summed E-state index contributed by atoms with van der Waals surface area (Å²) < 4.78 is 11.4. The smallest absolute Gasteiger partial charge is 0.238 e. The summed E-state index contributed by atoms with van der Waals surface area (Å²) >= 11 is 0. The van der Waals surface area contributed by atoms with Gasteiger partial charge in [-0.1, -0.05) is 23.4 Å². The van der Waals surface area contributed by atoms with Gasteiger partial charge in [-0.05, 0) is 25.0 Å². The van der Waals surface area contributed by atoms with Crippen LogP contribution in [0.25, 0.3) is 22.6 Å². The molecule has 1 aliphatic rings. The highest BCUT2D eigenvalue weighted by atomic mass is 16.5. The largest absolute Gasteiger partial charge is 0.453 e. The number of aromatic nitrogens is 4. The van der Waals surface area contributed by atoms with Crippen LogP contribution in [0.4, 0.5) is 5.82 Å². The van der Waals surface area contributed by atoms with Crippen molar-refractivity contribution in [3.63, 3.8) is 0 Å². The lowest BCUT2D eigenvalue weighted by Crippen LogP contribution is -2.35. The molecular formula is C19H17N5O2. The Morgan fingerprint density at radius 2 is 2.12 bits per heavy atom. The number of nitrogens with zero attached hydrogens (tertiary/aromatic N) is 5. The lowest BCUT2D eigenvalue weighted by molar-refractivity contribution is 0.332. The van der Waals surface area contributed by atoms with Gasteiger partial charge in [0.25, 0.3) is 0 Å². The summed E-state index contributed by atoms with van der Waals surface area (Å²) in [5.74, 6) is 2.83. The fourth-order valence-corrected chi connectivity index (χ4v) is 3.43. The molecule has 5 rings (SSSR count). The predicted octanol–water partition coefficient (Wildman–Crippen LogP) is 3.66. The van der Waals surface area contributed by atoms with Gasteiger partial charge >= 0.3 is 0 Å². The first-order valence-corrected chi connectivity index (χ1v) is 8.70. The minimum Gasteiger partial charge on any atom is -0.453 e. The zero-order chi connectivity index (χ0) is 17.3. The Hall–Kier alpha value is -3.22. The van der Waals surface area contributed by atoms with E-state index in [0.717, 1.165) is 42.7 Å². The van der Waals surface area contributed by atoms with E-state index in [-0.39, 0.29) is 5.92 Å². The van der Waals surface area contributed by atoms with E-state index in [1.807, 2.05) is 30.3 Å². The molecule has 7 heteroatoms. The number of para-hydroxylation sites is 1. The Labute approximate surface area is 149 Å². The van der Waals surface area contributed by atoms with E-state index in [0.29, 0.717) is 17.5 Å². The van der Waals surface area contributed by atoms with Crippen LogP contribution in [0.3, 0.4) is 0 Å². The molecule has 4 heterocycles. The van der Waals surface area contributed by atoms with Crippen LogP contribution >= 0.6 is 0 Å². The number of hydrogen-bond acceptors (Lipinski definition) is 7. The highest BCUT2D eigenvalue weighted by Gasteiger charge is 2.27. The van der Waals surface area contributed by atoms with Gasteiger partial charge in [-0.2, -0.15) is 4.98 Å². The van der Waals surface area contributed by atoms with Crippen LogP contribution in [-0.2, 0) is 0 Å². The molecule has 1 unspecified atom stereocenters. The fraction of sp³-hybridized carbons (Fsp3) is 0.263. The van der Waals surface area contributed by atoms with Crippen LogP contribution in [0.1, 0.15) is 24.7 Å². The topological polar surface area (TPSA) is 81.1 Å². The van der Waals surface area contributed by atoms with Crippen LogP contribution in [0.5, 0.6) is 0 Å². The Balaban J connectivity index is 1.39. The molecule has 1 aliphatic heterocycles. The maximum atomic E-state index is 5.83. The van der Waals surface area contributed by atoms with E-state index in [4.69, 9.17) is 8.94 Å². The number of hydrogen-bond donors (Lipinski definition) is 0. The second kappa shape index (κ2) is 6.25. The molecule has 130 valence electrons. The van der Waals surface area contributed by atoms with Gasteiger partial charge < -0.3 is 13.8 Å². The van der Waals surface area contributed by atoms with Crippen molar-refractivity contribution >= 4 is 16.8 Å². The molecular weight excluding hydrogens is 330 g/mol. The van der Waals surface area contributed by atoms with Gasteiger partial charge in [0.05, 0.1) is 12.1 Å². The van der Waals surface area contributed by atoms with E-state index in [2.05, 4.69) is 25.0 Å². The van der Waals surface area contributed by atoms with Crippen LogP contribution in [0.15, 0.2) is 57.9 Å². The molecule has 1 saturated heterocycles. The Bertz CT molecular complexity index is 994. The fourth-order valence-electron chi connectivity index (χ4n) is 3.43. The zero-order valence-electron chi connectivity index (χ0n) is 14.1. The molecule has 0 radical (unpaired) electrons. The van der Waals surface area contributed by atoms with Crippen molar-refractivity contribution in [1.29, 1.82) is 0 Å². The highest BCUT2D eigenvalue weighted by molar-refractivity contribution is 5.81. The van der Waals surface area contributed by atoms with E-state index in [1.54, 1.807) is 18.6 Å². The summed E-state index contributed by atoms with van der Waals surface area (Å²) in [5, 5.41) is 5.16. The maximum absolute atomic E-state index is 5.83. The summed E-state index contributed by atoms with van der Waals surface area (Å²) in [4.78, 5) is 15.4. The third-order valence-electron chi connectivity index (χ3n) is 4.73. The normalized spacial score (nSPS) is 17.7. The first-order valence-electron chi connectivity index (χ1n) is 8.70. The van der Waals surface area contributed by atoms with Gasteiger partial charge in [-0.15, -0.1) is 0 Å². The zero-order valence-corrected chi connectivity index (χ0v) is 14.1. The number of benzene rings is 1. The van der Waals surface area contributed by atoms with Crippen LogP contribution < -0.4 is 4.90 Å². The van der Waals surface area contributed by atoms with Crippen molar-refractivity contribution in [2.24, 2.45) is 0 Å². The summed E-state index contributed by atoms with van der Waals surface area (Å²) in [6, 6.07) is 9.80. The molecule has 1 fully saturated rings. The van der Waals surface area contributed by atoms with Crippen LogP contribution in [0, 0.1) is 0 Å². The maximum Gasteiger partial charge on any atom is 0.238 e. The third-order valence-corrected chi connectivity index (χ3v) is 4.73. The van der Waals surface area contributed by atoms with Crippen molar-refractivity contribution in [3.8, 4) is 11.6 Å². The molecule has 0 bridgehead atoms. The van der Waals surface area contributed by atoms with Gasteiger partial charge in [0.15, 0.2) is 5.76 Å². The Morgan fingerprint density at radius 3 is 3.00 bits per heavy atom. The molecule has 0 saturated carbocycles. The molecule has 0 N–H and O–H groups in total. The summed E-state index contributed by atoms with van der Waals surface area (Å²) in [5.41, 5.74) is 0.820. The first kappa shape index (κ1) is 15.1. The summed E-state index contributed by atoms with van der Waals surface area (Å²) in [6.07, 6.45) is 7.24. The van der Waals surface area contributed by atoms with Crippen molar-refractivity contribution in [2.75, 3.05) is 18.0 Å². The second-order valence-electron chi connectivity index (χ2n) is 6.45. The van der Waals surface area contributed by atoms with Gasteiger partial charge in [0, 0.05) is 30.9 Å². The minimum atomic E-state index is 0.177. The monoisotopic (exact) mass is 347 g/mol. The highest BCUT2D eigenvalue weighted by Crippen LogP contribution is 2.31. The van der Waals surface area contributed by atoms with Crippen LogP contribution in [-0.4, -0.2) is 33.2 Å². The molecule has 7 nitrogen and oxygen atoms in total. The quantitative estimate of drug-likeness (QED) is 0.559. The van der Waals surface area contributed by atoms with E-state index < -0.39 is 0 Å². The van der Waals surface area contributed by atoms with Crippen molar-refractivity contribution < 1.29 is 8.94 Å². The van der Waals surface area contributed by atoms with Gasteiger partial charge in [-0.25, -0.2) is 4.98 Å². The summed E-state index contributed by atoms with van der Waals surface area (Å²) in [7, 11) is 0. The van der Waals surface area contributed by atoms with Crippen LogP contribution in [0.2, 0.25) is 0 Å². The third kappa shape index (κ3) is 2.71. The average Bonchev–Trinajstić information content (AvgIpc) is 3.36. The average molecular weight is 347 g/mol. The number of fused-ring (bicyclic) bond motifs is 1. The summed E-state index contributed by atoms with van der Waals surface area (Å²) in [6.45, 7) is 1.75. The molecule has 3 aromatic heterocycles. The van der Waals surface area contributed by atoms with E-state index in [1.165, 1.54) is 0 Å². The second-order valence-corrected chi connectivity index (χ2v) is 6.45. The van der Waals surface area contributed by atoms with E-state index in [9.17, 15) is 0 Å². The number of rotatable bonds is 3. The molecule has 0 aliphatic carbocycles. The lowest BCUT2D eigenvalue weighted by atomic mass is 9.98. The van der Waals surface area contributed by atoms with Crippen molar-refractivity contribution in [2.45, 2.75) is 18.8 Å². The molecule has 1 atom stereocenters. The van der Waals surface area contributed by atoms with Gasteiger partial charge in [-0.3, -0.25) is 4.98 Å². The minimum absolute atomic E-state index is 0.177. The van der Waals surface area contributed by atoms with Gasteiger partial charge in [0.1, 0.15) is 11.4 Å². The lowest BCUT2D eigenvalue weighted by Gasteiger charge is -2.31. The van der Waals surface area contributed by atoms with Crippen molar-refractivity contribution in [3.05, 3.63) is 54.8 Å². The predicted molar refractivity (Wildman–Crippen MR) is 95.7 cm³/mol. The molecule has 0 amide bonds. The Kier molecular flexibility index (Phi) is 3.62. The SMILES string of the molecule is c1ccc2oc(-c3noc(C4CCCN(c5cnccn5)C4)n3)cc2c1.